The second-order valence-corrected chi connectivity index (χ2v) is 7.19. The molecule has 0 radical (unpaired) electrons. The third-order valence-corrected chi connectivity index (χ3v) is 5.27. The van der Waals surface area contributed by atoms with Gasteiger partial charge in [0.15, 0.2) is 11.5 Å². The molecule has 0 saturated heterocycles. The zero-order valence-electron chi connectivity index (χ0n) is 16.1. The van der Waals surface area contributed by atoms with Crippen molar-refractivity contribution in [3.05, 3.63) is 65.2 Å². The Morgan fingerprint density at radius 1 is 1.07 bits per heavy atom. The van der Waals surface area contributed by atoms with E-state index >= 15 is 0 Å². The molecule has 0 saturated carbocycles. The molecule has 2 aromatic carbocycles. The van der Waals surface area contributed by atoms with Gasteiger partial charge < -0.3 is 14.8 Å². The number of nitrogens with one attached hydrogen (secondary N) is 1. The molecular formula is C22H24N2O3S. The lowest BCUT2D eigenvalue weighted by molar-refractivity contribution is -0.120. The molecule has 0 spiro atoms. The Labute approximate surface area is 169 Å². The van der Waals surface area contributed by atoms with Crippen LogP contribution < -0.4 is 14.8 Å². The van der Waals surface area contributed by atoms with E-state index < -0.39 is 0 Å². The lowest BCUT2D eigenvalue weighted by Crippen LogP contribution is -2.26. The predicted octanol–water partition coefficient (Wildman–Crippen LogP) is 4.12. The Balaban J connectivity index is 1.50. The molecule has 6 heteroatoms. The van der Waals surface area contributed by atoms with Crippen molar-refractivity contribution in [2.75, 3.05) is 20.8 Å². The molecule has 3 rings (SSSR count). The second kappa shape index (κ2) is 9.90. The predicted molar refractivity (Wildman–Crippen MR) is 112 cm³/mol. The van der Waals surface area contributed by atoms with E-state index in [0.29, 0.717) is 18.0 Å². The van der Waals surface area contributed by atoms with Gasteiger partial charge in [-0.1, -0.05) is 30.3 Å². The van der Waals surface area contributed by atoms with Crippen LogP contribution in [0.5, 0.6) is 11.5 Å². The number of benzene rings is 2. The van der Waals surface area contributed by atoms with Crippen molar-refractivity contribution in [3.63, 3.8) is 0 Å². The van der Waals surface area contributed by atoms with Crippen LogP contribution in [-0.4, -0.2) is 31.7 Å². The first-order valence-electron chi connectivity index (χ1n) is 9.17. The zero-order chi connectivity index (χ0) is 19.8. The molecule has 0 atom stereocenters. The van der Waals surface area contributed by atoms with E-state index in [0.717, 1.165) is 29.1 Å². The number of hydrogen-bond acceptors (Lipinski definition) is 5. The van der Waals surface area contributed by atoms with Crippen LogP contribution in [0.2, 0.25) is 0 Å². The van der Waals surface area contributed by atoms with Crippen molar-refractivity contribution in [1.29, 1.82) is 0 Å². The monoisotopic (exact) mass is 396 g/mol. The van der Waals surface area contributed by atoms with Crippen molar-refractivity contribution < 1.29 is 14.3 Å². The summed E-state index contributed by atoms with van der Waals surface area (Å²) in [5.74, 6) is 1.34. The number of nitrogens with zero attached hydrogens (tertiary/aromatic N) is 1. The van der Waals surface area contributed by atoms with E-state index in [1.165, 1.54) is 16.9 Å². The summed E-state index contributed by atoms with van der Waals surface area (Å²) in [5.41, 5.74) is 3.00. The standard InChI is InChI=1S/C22H24N2O3S/c1-26-19-11-10-17(13-20(19)27-2)22-24-18(15-28-22)14-21(25)23-12-6-9-16-7-4-3-5-8-16/h3-5,7-8,10-11,13,15H,6,9,12,14H2,1-2H3,(H,23,25). The fourth-order valence-corrected chi connectivity index (χ4v) is 3.70. The third kappa shape index (κ3) is 5.33. The highest BCUT2D eigenvalue weighted by atomic mass is 32.1. The van der Waals surface area contributed by atoms with Gasteiger partial charge in [0.05, 0.1) is 26.3 Å². The van der Waals surface area contributed by atoms with Gasteiger partial charge in [0.1, 0.15) is 5.01 Å². The van der Waals surface area contributed by atoms with Gasteiger partial charge in [0, 0.05) is 17.5 Å². The van der Waals surface area contributed by atoms with Crippen LogP contribution in [0.4, 0.5) is 0 Å². The first kappa shape index (κ1) is 19.9. The maximum Gasteiger partial charge on any atom is 0.226 e. The van der Waals surface area contributed by atoms with Crippen molar-refractivity contribution in [3.8, 4) is 22.1 Å². The average Bonchev–Trinajstić information content (AvgIpc) is 3.19. The number of aromatic nitrogens is 1. The summed E-state index contributed by atoms with van der Waals surface area (Å²) in [7, 11) is 3.22. The quantitative estimate of drug-likeness (QED) is 0.553. The number of rotatable bonds is 9. The van der Waals surface area contributed by atoms with Crippen molar-refractivity contribution in [2.45, 2.75) is 19.3 Å². The minimum absolute atomic E-state index is 0.00257. The largest absolute Gasteiger partial charge is 0.493 e. The lowest BCUT2D eigenvalue weighted by Gasteiger charge is -2.08. The lowest BCUT2D eigenvalue weighted by atomic mass is 10.1. The highest BCUT2D eigenvalue weighted by Crippen LogP contribution is 2.33. The van der Waals surface area contributed by atoms with E-state index in [-0.39, 0.29) is 12.3 Å². The van der Waals surface area contributed by atoms with Crippen molar-refractivity contribution >= 4 is 17.2 Å². The smallest absolute Gasteiger partial charge is 0.226 e. The molecule has 1 aromatic heterocycles. The Kier molecular flexibility index (Phi) is 7.03. The van der Waals surface area contributed by atoms with Gasteiger partial charge in [-0.2, -0.15) is 0 Å². The van der Waals surface area contributed by atoms with Crippen LogP contribution in [0.15, 0.2) is 53.9 Å². The molecule has 28 heavy (non-hydrogen) atoms. The Hall–Kier alpha value is -2.86. The maximum atomic E-state index is 12.2. The third-order valence-electron chi connectivity index (χ3n) is 4.33. The molecule has 0 bridgehead atoms. The first-order valence-corrected chi connectivity index (χ1v) is 10.0. The normalized spacial score (nSPS) is 10.5. The summed E-state index contributed by atoms with van der Waals surface area (Å²) in [4.78, 5) is 16.8. The van der Waals surface area contributed by atoms with Crippen LogP contribution in [-0.2, 0) is 17.6 Å². The van der Waals surface area contributed by atoms with Gasteiger partial charge in [0.25, 0.3) is 0 Å². The van der Waals surface area contributed by atoms with Crippen LogP contribution in [0.25, 0.3) is 10.6 Å². The van der Waals surface area contributed by atoms with E-state index in [1.807, 2.05) is 41.8 Å². The fraction of sp³-hybridized carbons (Fsp3) is 0.273. The zero-order valence-corrected chi connectivity index (χ0v) is 16.9. The van der Waals surface area contributed by atoms with Gasteiger partial charge in [-0.3, -0.25) is 4.79 Å². The summed E-state index contributed by atoms with van der Waals surface area (Å²) < 4.78 is 10.6. The van der Waals surface area contributed by atoms with Gasteiger partial charge in [-0.15, -0.1) is 11.3 Å². The van der Waals surface area contributed by atoms with Crippen molar-refractivity contribution in [1.82, 2.24) is 10.3 Å². The van der Waals surface area contributed by atoms with Gasteiger partial charge in [-0.05, 0) is 36.6 Å². The maximum absolute atomic E-state index is 12.2. The highest BCUT2D eigenvalue weighted by Gasteiger charge is 2.11. The topological polar surface area (TPSA) is 60.5 Å². The number of ether oxygens (including phenoxy) is 2. The summed E-state index contributed by atoms with van der Waals surface area (Å²) in [6.45, 7) is 0.667. The number of amides is 1. The number of thiazole rings is 1. The SMILES string of the molecule is COc1ccc(-c2nc(CC(=O)NCCCc3ccccc3)cs2)cc1OC. The van der Waals surface area contributed by atoms with E-state index in [1.54, 1.807) is 14.2 Å². The number of carbonyl (C=O) groups excluding carboxylic acids is 1. The number of aryl methyl sites for hydroxylation is 1. The molecule has 0 fully saturated rings. The van der Waals surface area contributed by atoms with Crippen LogP contribution in [0.3, 0.4) is 0 Å². The van der Waals surface area contributed by atoms with E-state index in [9.17, 15) is 4.79 Å². The molecule has 1 heterocycles. The summed E-state index contributed by atoms with van der Waals surface area (Å²) in [6.07, 6.45) is 2.17. The minimum Gasteiger partial charge on any atom is -0.493 e. The number of hydrogen-bond donors (Lipinski definition) is 1. The van der Waals surface area contributed by atoms with Crippen LogP contribution in [0, 0.1) is 0 Å². The summed E-state index contributed by atoms with van der Waals surface area (Å²) in [5, 5.41) is 5.75. The number of methoxy groups -OCH3 is 2. The second-order valence-electron chi connectivity index (χ2n) is 6.33. The average molecular weight is 397 g/mol. The van der Waals surface area contributed by atoms with Gasteiger partial charge in [-0.25, -0.2) is 4.98 Å². The fourth-order valence-electron chi connectivity index (χ4n) is 2.88. The molecule has 3 aromatic rings. The molecular weight excluding hydrogens is 372 g/mol. The Morgan fingerprint density at radius 3 is 2.61 bits per heavy atom. The molecule has 1 N–H and O–H groups in total. The van der Waals surface area contributed by atoms with E-state index in [2.05, 4.69) is 22.4 Å². The molecule has 0 aliphatic carbocycles. The first-order chi connectivity index (χ1) is 13.7. The van der Waals surface area contributed by atoms with Crippen LogP contribution in [0.1, 0.15) is 17.7 Å². The molecule has 1 amide bonds. The van der Waals surface area contributed by atoms with Crippen molar-refractivity contribution in [2.24, 2.45) is 0 Å². The molecule has 0 aliphatic heterocycles. The summed E-state index contributed by atoms with van der Waals surface area (Å²) in [6, 6.07) is 16.0. The van der Waals surface area contributed by atoms with Gasteiger partial charge in [0.2, 0.25) is 5.91 Å². The molecule has 0 aliphatic rings. The Morgan fingerprint density at radius 2 is 1.86 bits per heavy atom. The number of carbonyl (C=O) groups is 1. The molecule has 146 valence electrons. The Bertz CT molecular complexity index is 909. The molecule has 0 unspecified atom stereocenters. The molecule has 5 nitrogen and oxygen atoms in total. The van der Waals surface area contributed by atoms with Gasteiger partial charge >= 0.3 is 0 Å². The highest BCUT2D eigenvalue weighted by molar-refractivity contribution is 7.13. The van der Waals surface area contributed by atoms with E-state index in [4.69, 9.17) is 9.47 Å². The summed E-state index contributed by atoms with van der Waals surface area (Å²) >= 11 is 1.52. The minimum atomic E-state index is -0.00257. The van der Waals surface area contributed by atoms with Crippen LogP contribution >= 0.6 is 11.3 Å².